The first kappa shape index (κ1) is 24.2. The molecule has 8 heteroatoms. The van der Waals surface area contributed by atoms with Crippen LogP contribution in [-0.4, -0.2) is 49.3 Å². The standard InChI is InChI=1S/C28H33N5O3/c1-30-26-24(27(34)31(2)28(30)35)33(20-29-26)17-9-16-32-18-14-23(15-19-32)36-25(21-10-5-3-6-11-21)22-12-7-4-8-13-22/h3-8,10-13,20,23,25H,9,14-19H2,1-2H3. The lowest BCUT2D eigenvalue weighted by Gasteiger charge is -2.34. The third-order valence-corrected chi connectivity index (χ3v) is 7.16. The van der Waals surface area contributed by atoms with Crippen LogP contribution in [0, 0.1) is 0 Å². The highest BCUT2D eigenvalue weighted by atomic mass is 16.5. The molecule has 1 aliphatic rings. The van der Waals surface area contributed by atoms with Gasteiger partial charge in [-0.3, -0.25) is 13.9 Å². The number of aromatic nitrogens is 4. The Morgan fingerprint density at radius 1 is 0.889 bits per heavy atom. The summed E-state index contributed by atoms with van der Waals surface area (Å²) >= 11 is 0. The maximum atomic E-state index is 12.6. The third kappa shape index (κ3) is 4.92. The van der Waals surface area contributed by atoms with Crippen LogP contribution in [0.5, 0.6) is 0 Å². The van der Waals surface area contributed by atoms with Crippen LogP contribution in [0.15, 0.2) is 76.6 Å². The van der Waals surface area contributed by atoms with Crippen molar-refractivity contribution in [2.24, 2.45) is 14.1 Å². The zero-order chi connectivity index (χ0) is 25.1. The molecule has 1 aliphatic heterocycles. The first-order chi connectivity index (χ1) is 17.5. The number of likely N-dealkylation sites (tertiary alicyclic amines) is 1. The van der Waals surface area contributed by atoms with Crippen LogP contribution in [0.3, 0.4) is 0 Å². The number of aryl methyl sites for hydroxylation is 2. The molecule has 0 atom stereocenters. The van der Waals surface area contributed by atoms with E-state index in [9.17, 15) is 9.59 Å². The first-order valence-corrected chi connectivity index (χ1v) is 12.6. The van der Waals surface area contributed by atoms with E-state index >= 15 is 0 Å². The Balaban J connectivity index is 1.17. The molecule has 0 bridgehead atoms. The van der Waals surface area contributed by atoms with E-state index in [2.05, 4.69) is 58.4 Å². The van der Waals surface area contributed by atoms with Crippen molar-refractivity contribution >= 4 is 11.2 Å². The lowest BCUT2D eigenvalue weighted by Crippen LogP contribution is -2.38. The van der Waals surface area contributed by atoms with Gasteiger partial charge >= 0.3 is 5.69 Å². The van der Waals surface area contributed by atoms with E-state index in [1.807, 2.05) is 16.7 Å². The Morgan fingerprint density at radius 2 is 1.50 bits per heavy atom. The van der Waals surface area contributed by atoms with Crippen molar-refractivity contribution < 1.29 is 4.74 Å². The molecule has 36 heavy (non-hydrogen) atoms. The Kier molecular flexibility index (Phi) is 7.16. The topological polar surface area (TPSA) is 74.3 Å². The van der Waals surface area contributed by atoms with Gasteiger partial charge in [-0.2, -0.15) is 0 Å². The predicted molar refractivity (Wildman–Crippen MR) is 140 cm³/mol. The van der Waals surface area contributed by atoms with Crippen molar-refractivity contribution in [1.82, 2.24) is 23.6 Å². The number of benzene rings is 2. The molecule has 1 fully saturated rings. The molecule has 0 aliphatic carbocycles. The molecule has 0 spiro atoms. The van der Waals surface area contributed by atoms with Gasteiger partial charge in [0.15, 0.2) is 11.2 Å². The molecule has 0 amide bonds. The molecule has 0 saturated carbocycles. The second-order valence-electron chi connectivity index (χ2n) is 9.55. The van der Waals surface area contributed by atoms with Gasteiger partial charge in [0.05, 0.1) is 12.4 Å². The number of fused-ring (bicyclic) bond motifs is 1. The van der Waals surface area contributed by atoms with Gasteiger partial charge in [0.25, 0.3) is 5.56 Å². The normalized spacial score (nSPS) is 15.2. The fraction of sp³-hybridized carbons (Fsp3) is 0.393. The van der Waals surface area contributed by atoms with E-state index in [-0.39, 0.29) is 23.5 Å². The molecule has 0 N–H and O–H groups in total. The zero-order valence-corrected chi connectivity index (χ0v) is 20.9. The maximum absolute atomic E-state index is 12.6. The van der Waals surface area contributed by atoms with E-state index in [1.54, 1.807) is 13.4 Å². The van der Waals surface area contributed by atoms with Gasteiger partial charge in [-0.25, -0.2) is 9.78 Å². The van der Waals surface area contributed by atoms with Crippen molar-refractivity contribution in [3.8, 4) is 0 Å². The van der Waals surface area contributed by atoms with Gasteiger partial charge in [0.1, 0.15) is 6.10 Å². The summed E-state index contributed by atoms with van der Waals surface area (Å²) in [5.74, 6) is 0. The summed E-state index contributed by atoms with van der Waals surface area (Å²) in [5, 5.41) is 0. The lowest BCUT2D eigenvalue weighted by atomic mass is 10.00. The second-order valence-corrected chi connectivity index (χ2v) is 9.55. The molecule has 0 radical (unpaired) electrons. The van der Waals surface area contributed by atoms with Crippen LogP contribution in [0.2, 0.25) is 0 Å². The van der Waals surface area contributed by atoms with Gasteiger partial charge < -0.3 is 14.2 Å². The minimum atomic E-state index is -0.357. The van der Waals surface area contributed by atoms with E-state index < -0.39 is 0 Å². The summed E-state index contributed by atoms with van der Waals surface area (Å²) in [6.45, 7) is 3.60. The SMILES string of the molecule is Cn1c(=O)c2c(ncn2CCCN2CCC(OC(c3ccccc3)c3ccccc3)CC2)n(C)c1=O. The Hall–Kier alpha value is -3.49. The lowest BCUT2D eigenvalue weighted by molar-refractivity contribution is -0.0271. The van der Waals surface area contributed by atoms with Crippen molar-refractivity contribution in [1.29, 1.82) is 0 Å². The van der Waals surface area contributed by atoms with Crippen LogP contribution >= 0.6 is 0 Å². The first-order valence-electron chi connectivity index (χ1n) is 12.6. The minimum Gasteiger partial charge on any atom is -0.365 e. The average Bonchev–Trinajstić information content (AvgIpc) is 3.35. The molecular weight excluding hydrogens is 454 g/mol. The van der Waals surface area contributed by atoms with E-state index in [0.717, 1.165) is 43.5 Å². The van der Waals surface area contributed by atoms with Crippen molar-refractivity contribution in [3.05, 3.63) is 99.0 Å². The maximum Gasteiger partial charge on any atom is 0.332 e. The van der Waals surface area contributed by atoms with Crippen LogP contribution in [-0.2, 0) is 25.4 Å². The summed E-state index contributed by atoms with van der Waals surface area (Å²) in [6.07, 6.45) is 4.71. The molecular formula is C28H33N5O3. The van der Waals surface area contributed by atoms with Crippen LogP contribution in [0.25, 0.3) is 11.2 Å². The number of rotatable bonds is 8. The highest BCUT2D eigenvalue weighted by molar-refractivity contribution is 5.69. The summed E-state index contributed by atoms with van der Waals surface area (Å²) in [4.78, 5) is 31.6. The monoisotopic (exact) mass is 487 g/mol. The summed E-state index contributed by atoms with van der Waals surface area (Å²) < 4.78 is 11.1. The molecule has 5 rings (SSSR count). The summed E-state index contributed by atoms with van der Waals surface area (Å²) in [7, 11) is 3.15. The van der Waals surface area contributed by atoms with Crippen LogP contribution < -0.4 is 11.2 Å². The number of piperidine rings is 1. The quantitative estimate of drug-likeness (QED) is 0.382. The van der Waals surface area contributed by atoms with Gasteiger partial charge in [0.2, 0.25) is 0 Å². The Labute approximate surface area is 210 Å². The number of imidazole rings is 1. The average molecular weight is 488 g/mol. The van der Waals surface area contributed by atoms with Gasteiger partial charge in [-0.15, -0.1) is 0 Å². The van der Waals surface area contributed by atoms with Gasteiger partial charge in [0, 0.05) is 33.7 Å². The van der Waals surface area contributed by atoms with Crippen molar-refractivity contribution in [3.63, 3.8) is 0 Å². The second kappa shape index (κ2) is 10.6. The molecule has 2 aromatic heterocycles. The number of hydrogen-bond acceptors (Lipinski definition) is 5. The summed E-state index contributed by atoms with van der Waals surface area (Å²) in [5.41, 5.74) is 2.64. The predicted octanol–water partition coefficient (Wildman–Crippen LogP) is 3.09. The number of nitrogens with zero attached hydrogens (tertiary/aromatic N) is 5. The van der Waals surface area contributed by atoms with Gasteiger partial charge in [-0.1, -0.05) is 60.7 Å². The zero-order valence-electron chi connectivity index (χ0n) is 20.9. The van der Waals surface area contributed by atoms with E-state index in [4.69, 9.17) is 4.74 Å². The largest absolute Gasteiger partial charge is 0.365 e. The molecule has 1 saturated heterocycles. The molecule has 0 unspecified atom stereocenters. The smallest absolute Gasteiger partial charge is 0.332 e. The third-order valence-electron chi connectivity index (χ3n) is 7.16. The van der Waals surface area contributed by atoms with Crippen molar-refractivity contribution in [2.75, 3.05) is 19.6 Å². The fourth-order valence-electron chi connectivity index (χ4n) is 5.10. The molecule has 2 aromatic carbocycles. The highest BCUT2D eigenvalue weighted by Crippen LogP contribution is 2.30. The summed E-state index contributed by atoms with van der Waals surface area (Å²) in [6, 6.07) is 20.9. The Bertz CT molecular complexity index is 1380. The highest BCUT2D eigenvalue weighted by Gasteiger charge is 2.24. The fourth-order valence-corrected chi connectivity index (χ4v) is 5.10. The van der Waals surface area contributed by atoms with Crippen LogP contribution in [0.4, 0.5) is 0 Å². The molecule has 3 heterocycles. The minimum absolute atomic E-state index is 0.0583. The van der Waals surface area contributed by atoms with Crippen molar-refractivity contribution in [2.45, 2.75) is 38.0 Å². The molecule has 188 valence electrons. The number of ether oxygens (including phenoxy) is 1. The molecule has 4 aromatic rings. The van der Waals surface area contributed by atoms with E-state index in [1.165, 1.54) is 22.7 Å². The van der Waals surface area contributed by atoms with Crippen LogP contribution in [0.1, 0.15) is 36.5 Å². The molecule has 8 nitrogen and oxygen atoms in total. The number of hydrogen-bond donors (Lipinski definition) is 0. The Morgan fingerprint density at radius 3 is 2.11 bits per heavy atom. The van der Waals surface area contributed by atoms with E-state index in [0.29, 0.717) is 17.7 Å². The van der Waals surface area contributed by atoms with Gasteiger partial charge in [-0.05, 0) is 36.9 Å².